The average molecular weight is 321 g/mol. The van der Waals surface area contributed by atoms with Crippen LogP contribution in [0.15, 0.2) is 65.7 Å². The minimum absolute atomic E-state index is 0.414. The predicted molar refractivity (Wildman–Crippen MR) is 102 cm³/mol. The summed E-state index contributed by atoms with van der Waals surface area (Å²) in [6.07, 6.45) is 3.61. The molecule has 0 atom stereocenters. The predicted octanol–water partition coefficient (Wildman–Crippen LogP) is 3.88. The molecular formula is C21H27N3. The van der Waals surface area contributed by atoms with Gasteiger partial charge < -0.3 is 10.2 Å². The SMILES string of the molecule is CN=C(NCCC(c1ccccc1)c1ccccc1)N1CCCC1. The summed E-state index contributed by atoms with van der Waals surface area (Å²) in [5.41, 5.74) is 2.75. The van der Waals surface area contributed by atoms with Gasteiger partial charge in [-0.25, -0.2) is 0 Å². The number of nitrogens with one attached hydrogen (secondary N) is 1. The van der Waals surface area contributed by atoms with Crippen molar-refractivity contribution in [2.24, 2.45) is 4.99 Å². The van der Waals surface area contributed by atoms with Crippen molar-refractivity contribution in [3.8, 4) is 0 Å². The lowest BCUT2D eigenvalue weighted by molar-refractivity contribution is 0.490. The molecule has 3 rings (SSSR count). The molecule has 0 spiro atoms. The van der Waals surface area contributed by atoms with E-state index in [0.717, 1.165) is 32.0 Å². The van der Waals surface area contributed by atoms with Crippen LogP contribution in [0.5, 0.6) is 0 Å². The van der Waals surface area contributed by atoms with Gasteiger partial charge in [-0.1, -0.05) is 60.7 Å². The van der Waals surface area contributed by atoms with Gasteiger partial charge in [-0.15, -0.1) is 0 Å². The number of benzene rings is 2. The van der Waals surface area contributed by atoms with Gasteiger partial charge in [0.25, 0.3) is 0 Å². The zero-order valence-corrected chi connectivity index (χ0v) is 14.5. The molecule has 0 aromatic heterocycles. The highest BCUT2D eigenvalue weighted by molar-refractivity contribution is 5.80. The van der Waals surface area contributed by atoms with Gasteiger partial charge in [0.1, 0.15) is 0 Å². The van der Waals surface area contributed by atoms with Gasteiger partial charge in [-0.3, -0.25) is 4.99 Å². The van der Waals surface area contributed by atoms with Crippen molar-refractivity contribution < 1.29 is 0 Å². The van der Waals surface area contributed by atoms with Crippen molar-refractivity contribution >= 4 is 5.96 Å². The van der Waals surface area contributed by atoms with Crippen molar-refractivity contribution in [1.82, 2.24) is 10.2 Å². The van der Waals surface area contributed by atoms with Gasteiger partial charge in [0.15, 0.2) is 5.96 Å². The summed E-state index contributed by atoms with van der Waals surface area (Å²) < 4.78 is 0. The summed E-state index contributed by atoms with van der Waals surface area (Å²) in [7, 11) is 1.88. The smallest absolute Gasteiger partial charge is 0.193 e. The Balaban J connectivity index is 1.66. The van der Waals surface area contributed by atoms with Crippen molar-refractivity contribution in [2.45, 2.75) is 25.2 Å². The Morgan fingerprint density at radius 3 is 2.00 bits per heavy atom. The molecule has 3 nitrogen and oxygen atoms in total. The highest BCUT2D eigenvalue weighted by Crippen LogP contribution is 2.27. The number of rotatable bonds is 5. The van der Waals surface area contributed by atoms with E-state index >= 15 is 0 Å². The average Bonchev–Trinajstić information content (AvgIpc) is 3.18. The standard InChI is InChI=1S/C21H27N3/c1-22-21(24-16-8-9-17-24)23-15-14-20(18-10-4-2-5-11-18)19-12-6-3-7-13-19/h2-7,10-13,20H,8-9,14-17H2,1H3,(H,22,23). The van der Waals surface area contributed by atoms with E-state index in [-0.39, 0.29) is 0 Å². The maximum Gasteiger partial charge on any atom is 0.193 e. The Hall–Kier alpha value is -2.29. The first-order valence-corrected chi connectivity index (χ1v) is 8.94. The zero-order chi connectivity index (χ0) is 16.6. The first-order chi connectivity index (χ1) is 11.9. The van der Waals surface area contributed by atoms with Gasteiger partial charge in [-0.05, 0) is 30.4 Å². The van der Waals surface area contributed by atoms with E-state index < -0.39 is 0 Å². The minimum Gasteiger partial charge on any atom is -0.356 e. The molecule has 0 bridgehead atoms. The van der Waals surface area contributed by atoms with Crippen molar-refractivity contribution in [3.63, 3.8) is 0 Å². The first kappa shape index (κ1) is 16.6. The molecule has 0 amide bonds. The summed E-state index contributed by atoms with van der Waals surface area (Å²) in [6, 6.07) is 21.6. The topological polar surface area (TPSA) is 27.6 Å². The maximum atomic E-state index is 4.44. The van der Waals surface area contributed by atoms with E-state index in [0.29, 0.717) is 5.92 Å². The number of hydrogen-bond donors (Lipinski definition) is 1. The normalized spacial score (nSPS) is 15.1. The van der Waals surface area contributed by atoms with Crippen LogP contribution in [-0.2, 0) is 0 Å². The molecule has 1 aliphatic heterocycles. The van der Waals surface area contributed by atoms with E-state index in [4.69, 9.17) is 0 Å². The number of hydrogen-bond acceptors (Lipinski definition) is 1. The third-order valence-corrected chi connectivity index (χ3v) is 4.74. The van der Waals surface area contributed by atoms with Crippen LogP contribution < -0.4 is 5.32 Å². The van der Waals surface area contributed by atoms with Gasteiger partial charge in [-0.2, -0.15) is 0 Å². The second-order valence-electron chi connectivity index (χ2n) is 6.33. The lowest BCUT2D eigenvalue weighted by atomic mass is 9.88. The highest BCUT2D eigenvalue weighted by Gasteiger charge is 2.17. The maximum absolute atomic E-state index is 4.44. The van der Waals surface area contributed by atoms with E-state index in [1.54, 1.807) is 0 Å². The van der Waals surface area contributed by atoms with Crippen LogP contribution in [0.1, 0.15) is 36.3 Å². The fourth-order valence-corrected chi connectivity index (χ4v) is 3.49. The molecule has 1 aliphatic rings. The fraction of sp³-hybridized carbons (Fsp3) is 0.381. The molecule has 0 unspecified atom stereocenters. The van der Waals surface area contributed by atoms with E-state index in [1.165, 1.54) is 24.0 Å². The zero-order valence-electron chi connectivity index (χ0n) is 14.5. The molecule has 2 aromatic rings. The molecule has 24 heavy (non-hydrogen) atoms. The molecule has 2 aromatic carbocycles. The minimum atomic E-state index is 0.414. The van der Waals surface area contributed by atoms with Crippen molar-refractivity contribution in [3.05, 3.63) is 71.8 Å². The summed E-state index contributed by atoms with van der Waals surface area (Å²) in [6.45, 7) is 3.18. The summed E-state index contributed by atoms with van der Waals surface area (Å²) in [5.74, 6) is 1.46. The summed E-state index contributed by atoms with van der Waals surface area (Å²) in [4.78, 5) is 6.81. The Morgan fingerprint density at radius 1 is 0.958 bits per heavy atom. The van der Waals surface area contributed by atoms with E-state index in [9.17, 15) is 0 Å². The molecule has 3 heteroatoms. The third-order valence-electron chi connectivity index (χ3n) is 4.74. The lowest BCUT2D eigenvalue weighted by Crippen LogP contribution is -2.40. The van der Waals surface area contributed by atoms with Crippen LogP contribution >= 0.6 is 0 Å². The first-order valence-electron chi connectivity index (χ1n) is 8.94. The van der Waals surface area contributed by atoms with Gasteiger partial charge in [0, 0.05) is 32.6 Å². The highest BCUT2D eigenvalue weighted by atomic mass is 15.3. The Kier molecular flexibility index (Phi) is 5.89. The molecule has 126 valence electrons. The van der Waals surface area contributed by atoms with Crippen LogP contribution in [0.2, 0.25) is 0 Å². The quantitative estimate of drug-likeness (QED) is 0.668. The fourth-order valence-electron chi connectivity index (χ4n) is 3.49. The number of aliphatic imine (C=N–C) groups is 1. The molecule has 1 saturated heterocycles. The molecule has 0 radical (unpaired) electrons. The monoisotopic (exact) mass is 321 g/mol. The van der Waals surface area contributed by atoms with Crippen LogP contribution in [0.3, 0.4) is 0 Å². The number of likely N-dealkylation sites (tertiary alicyclic amines) is 1. The van der Waals surface area contributed by atoms with Crippen molar-refractivity contribution in [2.75, 3.05) is 26.7 Å². The third kappa shape index (κ3) is 4.16. The Labute approximate surface area is 145 Å². The number of nitrogens with zero attached hydrogens (tertiary/aromatic N) is 2. The van der Waals surface area contributed by atoms with E-state index in [1.807, 2.05) is 7.05 Å². The summed E-state index contributed by atoms with van der Waals surface area (Å²) in [5, 5.41) is 3.56. The van der Waals surface area contributed by atoms with Crippen molar-refractivity contribution in [1.29, 1.82) is 0 Å². The Morgan fingerprint density at radius 2 is 1.50 bits per heavy atom. The second kappa shape index (κ2) is 8.53. The Bertz CT molecular complexity index is 591. The summed E-state index contributed by atoms with van der Waals surface area (Å²) >= 11 is 0. The molecular weight excluding hydrogens is 294 g/mol. The van der Waals surface area contributed by atoms with Gasteiger partial charge >= 0.3 is 0 Å². The van der Waals surface area contributed by atoms with E-state index in [2.05, 4.69) is 75.9 Å². The molecule has 1 heterocycles. The van der Waals surface area contributed by atoms with Gasteiger partial charge in [0.05, 0.1) is 0 Å². The van der Waals surface area contributed by atoms with Crippen LogP contribution in [0, 0.1) is 0 Å². The lowest BCUT2D eigenvalue weighted by Gasteiger charge is -2.23. The van der Waals surface area contributed by atoms with Crippen LogP contribution in [-0.4, -0.2) is 37.5 Å². The molecule has 0 aliphatic carbocycles. The van der Waals surface area contributed by atoms with Gasteiger partial charge in [0.2, 0.25) is 0 Å². The van der Waals surface area contributed by atoms with Crippen LogP contribution in [0.4, 0.5) is 0 Å². The molecule has 0 saturated carbocycles. The largest absolute Gasteiger partial charge is 0.356 e. The molecule has 1 N–H and O–H groups in total. The molecule has 1 fully saturated rings. The number of guanidine groups is 1. The van der Waals surface area contributed by atoms with Crippen LogP contribution in [0.25, 0.3) is 0 Å². The second-order valence-corrected chi connectivity index (χ2v) is 6.33.